The molecule has 0 aromatic rings. The summed E-state index contributed by atoms with van der Waals surface area (Å²) in [4.78, 5) is 0. The van der Waals surface area contributed by atoms with Crippen LogP contribution in [0, 0.1) is 5.92 Å². The molecular weight excluding hydrogens is 290 g/mol. The summed E-state index contributed by atoms with van der Waals surface area (Å²) in [7, 11) is -1.76. The summed E-state index contributed by atoms with van der Waals surface area (Å²) >= 11 is 0. The lowest BCUT2D eigenvalue weighted by Crippen LogP contribution is -2.40. The van der Waals surface area contributed by atoms with E-state index in [1.807, 2.05) is 0 Å². The van der Waals surface area contributed by atoms with E-state index >= 15 is 0 Å². The molecule has 0 saturated heterocycles. The molecule has 7 heteroatoms. The topological polar surface area (TPSA) is 70.7 Å². The minimum Gasteiger partial charge on any atom is -0.380 e. The van der Waals surface area contributed by atoms with Crippen LogP contribution in [0.5, 0.6) is 0 Å². The van der Waals surface area contributed by atoms with Gasteiger partial charge in [0.15, 0.2) is 0 Å². The van der Waals surface area contributed by atoms with E-state index < -0.39 is 10.2 Å². The second-order valence-corrected chi connectivity index (χ2v) is 7.96. The first-order valence-corrected chi connectivity index (χ1v) is 9.38. The molecule has 1 fully saturated rings. The molecule has 21 heavy (non-hydrogen) atoms. The van der Waals surface area contributed by atoms with Crippen LogP contribution in [0.15, 0.2) is 0 Å². The third-order valence-corrected chi connectivity index (χ3v) is 5.01. The SMILES string of the molecule is CC(C)CCOCCNS(=O)(=O)N(C)CCCNC1CC1. The van der Waals surface area contributed by atoms with E-state index in [1.54, 1.807) is 7.05 Å². The molecule has 0 unspecified atom stereocenters. The maximum Gasteiger partial charge on any atom is 0.279 e. The Morgan fingerprint density at radius 1 is 1.24 bits per heavy atom. The highest BCUT2D eigenvalue weighted by Gasteiger charge is 2.20. The van der Waals surface area contributed by atoms with Crippen LogP contribution in [-0.2, 0) is 14.9 Å². The molecular formula is C14H31N3O3S. The molecule has 0 radical (unpaired) electrons. The zero-order chi connectivity index (χ0) is 15.7. The summed E-state index contributed by atoms with van der Waals surface area (Å²) in [5.74, 6) is 0.608. The fourth-order valence-corrected chi connectivity index (χ4v) is 2.72. The van der Waals surface area contributed by atoms with Crippen molar-refractivity contribution in [3.63, 3.8) is 0 Å². The second kappa shape index (κ2) is 9.74. The molecule has 1 saturated carbocycles. The van der Waals surface area contributed by atoms with Crippen LogP contribution in [0.1, 0.15) is 39.5 Å². The number of hydrogen-bond acceptors (Lipinski definition) is 4. The van der Waals surface area contributed by atoms with Crippen molar-refractivity contribution in [2.75, 3.05) is 39.9 Å². The second-order valence-electron chi connectivity index (χ2n) is 6.10. The molecule has 0 aromatic heterocycles. The Morgan fingerprint density at radius 3 is 2.57 bits per heavy atom. The summed E-state index contributed by atoms with van der Waals surface area (Å²) < 4.78 is 33.2. The fraction of sp³-hybridized carbons (Fsp3) is 1.00. The molecule has 2 N–H and O–H groups in total. The molecule has 0 aromatic carbocycles. The summed E-state index contributed by atoms with van der Waals surface area (Å²) in [5.41, 5.74) is 0. The van der Waals surface area contributed by atoms with Gasteiger partial charge in [-0.15, -0.1) is 0 Å². The predicted octanol–water partition coefficient (Wildman–Crippen LogP) is 0.957. The lowest BCUT2D eigenvalue weighted by Gasteiger charge is -2.17. The standard InChI is InChI=1S/C14H31N3O3S/c1-13(2)7-11-20-12-9-16-21(18,19)17(3)10-4-8-15-14-5-6-14/h13-16H,4-12H2,1-3H3. The highest BCUT2D eigenvalue weighted by molar-refractivity contribution is 7.87. The van der Waals surface area contributed by atoms with Crippen molar-refractivity contribution >= 4 is 10.2 Å². The Bertz CT molecular complexity index is 370. The van der Waals surface area contributed by atoms with Crippen molar-refractivity contribution in [2.24, 2.45) is 5.92 Å². The van der Waals surface area contributed by atoms with Gasteiger partial charge in [-0.3, -0.25) is 0 Å². The molecule has 0 atom stereocenters. The van der Waals surface area contributed by atoms with Crippen LogP contribution in [0.2, 0.25) is 0 Å². The van der Waals surface area contributed by atoms with Gasteiger partial charge in [0.1, 0.15) is 0 Å². The van der Waals surface area contributed by atoms with E-state index in [9.17, 15) is 8.42 Å². The minimum absolute atomic E-state index is 0.324. The van der Waals surface area contributed by atoms with E-state index in [-0.39, 0.29) is 0 Å². The zero-order valence-corrected chi connectivity index (χ0v) is 14.4. The average Bonchev–Trinajstić information content (AvgIpc) is 3.22. The number of nitrogens with one attached hydrogen (secondary N) is 2. The maximum absolute atomic E-state index is 12.0. The van der Waals surface area contributed by atoms with Crippen LogP contribution < -0.4 is 10.0 Å². The van der Waals surface area contributed by atoms with Crippen molar-refractivity contribution in [1.29, 1.82) is 0 Å². The van der Waals surface area contributed by atoms with E-state index in [1.165, 1.54) is 17.1 Å². The molecule has 1 aliphatic rings. The smallest absolute Gasteiger partial charge is 0.279 e. The fourth-order valence-electron chi connectivity index (χ4n) is 1.79. The van der Waals surface area contributed by atoms with Gasteiger partial charge in [-0.05, 0) is 38.1 Å². The molecule has 0 amide bonds. The van der Waals surface area contributed by atoms with Gasteiger partial charge in [0.05, 0.1) is 6.61 Å². The number of rotatable bonds is 13. The van der Waals surface area contributed by atoms with Crippen molar-refractivity contribution in [1.82, 2.24) is 14.3 Å². The third-order valence-electron chi connectivity index (χ3n) is 3.44. The number of hydrogen-bond donors (Lipinski definition) is 2. The van der Waals surface area contributed by atoms with Crippen molar-refractivity contribution < 1.29 is 13.2 Å². The van der Waals surface area contributed by atoms with Crippen molar-refractivity contribution in [2.45, 2.75) is 45.6 Å². The zero-order valence-electron chi connectivity index (χ0n) is 13.6. The summed E-state index contributed by atoms with van der Waals surface area (Å²) in [6, 6.07) is 0.674. The Labute approximate surface area is 129 Å². The van der Waals surface area contributed by atoms with Gasteiger partial charge in [0, 0.05) is 32.8 Å². The lowest BCUT2D eigenvalue weighted by atomic mass is 10.1. The molecule has 0 heterocycles. The van der Waals surface area contributed by atoms with E-state index in [0.717, 1.165) is 19.4 Å². The highest BCUT2D eigenvalue weighted by atomic mass is 32.2. The summed E-state index contributed by atoms with van der Waals surface area (Å²) in [6.45, 7) is 7.11. The minimum atomic E-state index is -3.37. The van der Waals surface area contributed by atoms with Crippen LogP contribution in [0.25, 0.3) is 0 Å². The van der Waals surface area contributed by atoms with Crippen molar-refractivity contribution in [3.8, 4) is 0 Å². The first-order chi connectivity index (χ1) is 9.92. The molecule has 0 bridgehead atoms. The number of nitrogens with zero attached hydrogens (tertiary/aromatic N) is 1. The molecule has 6 nitrogen and oxygen atoms in total. The molecule has 126 valence electrons. The van der Waals surface area contributed by atoms with Crippen LogP contribution in [0.4, 0.5) is 0 Å². The van der Waals surface area contributed by atoms with Crippen molar-refractivity contribution in [3.05, 3.63) is 0 Å². The maximum atomic E-state index is 12.0. The summed E-state index contributed by atoms with van der Waals surface area (Å²) in [5, 5.41) is 3.38. The average molecular weight is 321 g/mol. The monoisotopic (exact) mass is 321 g/mol. The summed E-state index contributed by atoms with van der Waals surface area (Å²) in [6.07, 6.45) is 4.35. The molecule has 0 spiro atoms. The van der Waals surface area contributed by atoms with E-state index in [2.05, 4.69) is 23.9 Å². The van der Waals surface area contributed by atoms with Gasteiger partial charge in [0.2, 0.25) is 0 Å². The molecule has 1 aliphatic carbocycles. The van der Waals surface area contributed by atoms with Gasteiger partial charge in [0.25, 0.3) is 10.2 Å². The predicted molar refractivity (Wildman–Crippen MR) is 85.5 cm³/mol. The van der Waals surface area contributed by atoms with E-state index in [0.29, 0.717) is 38.3 Å². The molecule has 1 rings (SSSR count). The van der Waals surface area contributed by atoms with Gasteiger partial charge < -0.3 is 10.1 Å². The third kappa shape index (κ3) is 9.42. The van der Waals surface area contributed by atoms with Crippen LogP contribution >= 0.6 is 0 Å². The van der Waals surface area contributed by atoms with Gasteiger partial charge >= 0.3 is 0 Å². The normalized spacial score (nSPS) is 16.0. The first-order valence-electron chi connectivity index (χ1n) is 7.94. The van der Waals surface area contributed by atoms with Crippen LogP contribution in [0.3, 0.4) is 0 Å². The van der Waals surface area contributed by atoms with E-state index in [4.69, 9.17) is 4.74 Å². The lowest BCUT2D eigenvalue weighted by molar-refractivity contribution is 0.128. The number of ether oxygens (including phenoxy) is 1. The van der Waals surface area contributed by atoms with Gasteiger partial charge in [-0.25, -0.2) is 0 Å². The van der Waals surface area contributed by atoms with Gasteiger partial charge in [-0.2, -0.15) is 17.4 Å². The molecule has 0 aliphatic heterocycles. The Balaban J connectivity index is 2.04. The Kier molecular flexibility index (Phi) is 8.73. The van der Waals surface area contributed by atoms with Crippen LogP contribution in [-0.4, -0.2) is 58.7 Å². The van der Waals surface area contributed by atoms with Gasteiger partial charge in [-0.1, -0.05) is 13.8 Å². The highest BCUT2D eigenvalue weighted by Crippen LogP contribution is 2.18. The largest absolute Gasteiger partial charge is 0.380 e. The Morgan fingerprint density at radius 2 is 1.95 bits per heavy atom. The quantitative estimate of drug-likeness (QED) is 0.496. The first kappa shape index (κ1) is 18.8. The Hall–Kier alpha value is -0.210.